The summed E-state index contributed by atoms with van der Waals surface area (Å²) >= 11 is 0. The summed E-state index contributed by atoms with van der Waals surface area (Å²) in [4.78, 5) is 12.6. The van der Waals surface area contributed by atoms with Crippen molar-refractivity contribution in [3.8, 4) is 22.9 Å². The maximum Gasteiger partial charge on any atom is 0.534 e. The third-order valence-electron chi connectivity index (χ3n) is 5.24. The van der Waals surface area contributed by atoms with E-state index in [1.165, 1.54) is 18.2 Å². The van der Waals surface area contributed by atoms with Gasteiger partial charge in [-0.05, 0) is 37.1 Å². The van der Waals surface area contributed by atoms with E-state index in [0.29, 0.717) is 61.1 Å². The minimum Gasteiger partial charge on any atom is -0.476 e. The van der Waals surface area contributed by atoms with Crippen molar-refractivity contribution < 1.29 is 40.0 Å². The molecule has 0 radical (unpaired) electrons. The minimum absolute atomic E-state index is 0.191. The minimum atomic E-state index is -5.77. The van der Waals surface area contributed by atoms with Gasteiger partial charge in [-0.15, -0.1) is 0 Å². The number of ether oxygens (including phenoxy) is 3. The summed E-state index contributed by atoms with van der Waals surface area (Å²) in [5, 5.41) is 0. The largest absolute Gasteiger partial charge is 0.534 e. The number of aryl methyl sites for hydroxylation is 1. The van der Waals surface area contributed by atoms with Crippen molar-refractivity contribution in [1.29, 1.82) is 0 Å². The van der Waals surface area contributed by atoms with E-state index in [9.17, 15) is 26.4 Å². The quantitative estimate of drug-likeness (QED) is 0.484. The number of rotatable bonds is 5. The number of benzene rings is 1. The molecule has 32 heavy (non-hydrogen) atoms. The summed E-state index contributed by atoms with van der Waals surface area (Å²) in [5.74, 6) is -0.105. The average molecular weight is 475 g/mol. The fraction of sp³-hybridized carbons (Fsp3) is 0.450. The first kappa shape index (κ1) is 22.6. The Balaban J connectivity index is 1.66. The second kappa shape index (κ2) is 8.41. The standard InChI is InChI=1S/C20H20F3NO7S/c1-12-17(25)9-18(30-11-15-10-28-6-7-29-15)24-5-4-13-8-14(2-3-16(13)19(12)24)31-32(26,27)20(21,22)23/h2-3,8-9,15H,4-7,10-11H2,1H3. The molecule has 2 aliphatic rings. The van der Waals surface area contributed by atoms with Gasteiger partial charge in [0.25, 0.3) is 0 Å². The number of hydrogen-bond donors (Lipinski definition) is 0. The van der Waals surface area contributed by atoms with Gasteiger partial charge in [-0.2, -0.15) is 21.6 Å². The second-order valence-corrected chi connectivity index (χ2v) is 8.94. The molecule has 1 atom stereocenters. The molecule has 0 N–H and O–H groups in total. The Labute approximate surface area is 181 Å². The van der Waals surface area contributed by atoms with Crippen LogP contribution < -0.4 is 14.3 Å². The molecular weight excluding hydrogens is 455 g/mol. The zero-order valence-electron chi connectivity index (χ0n) is 17.0. The lowest BCUT2D eigenvalue weighted by atomic mass is 9.94. The van der Waals surface area contributed by atoms with Gasteiger partial charge < -0.3 is 23.0 Å². The van der Waals surface area contributed by atoms with Gasteiger partial charge in [-0.3, -0.25) is 4.79 Å². The van der Waals surface area contributed by atoms with Crippen LogP contribution in [0.15, 0.2) is 29.1 Å². The molecular formula is C20H20F3NO7S. The third kappa shape index (κ3) is 4.34. The van der Waals surface area contributed by atoms with Crippen LogP contribution >= 0.6 is 0 Å². The maximum atomic E-state index is 12.6. The SMILES string of the molecule is Cc1c2n(c(OCC3COCCO3)cc1=O)CCc1cc(OS(=O)(=O)C(F)(F)F)ccc1-2. The highest BCUT2D eigenvalue weighted by Crippen LogP contribution is 2.36. The van der Waals surface area contributed by atoms with Gasteiger partial charge in [0.05, 0.1) is 25.5 Å². The van der Waals surface area contributed by atoms with Gasteiger partial charge in [0, 0.05) is 23.7 Å². The van der Waals surface area contributed by atoms with E-state index in [-0.39, 0.29) is 18.1 Å². The molecule has 1 saturated heterocycles. The van der Waals surface area contributed by atoms with Crippen molar-refractivity contribution in [3.05, 3.63) is 45.6 Å². The molecule has 1 unspecified atom stereocenters. The van der Waals surface area contributed by atoms with E-state index in [1.54, 1.807) is 6.92 Å². The van der Waals surface area contributed by atoms with Gasteiger partial charge >= 0.3 is 15.6 Å². The summed E-state index contributed by atoms with van der Waals surface area (Å²) < 4.78 is 83.3. The van der Waals surface area contributed by atoms with Crippen molar-refractivity contribution in [2.75, 3.05) is 26.4 Å². The highest BCUT2D eigenvalue weighted by Gasteiger charge is 2.48. The van der Waals surface area contributed by atoms with Crippen molar-refractivity contribution in [3.63, 3.8) is 0 Å². The van der Waals surface area contributed by atoms with Crippen LogP contribution in [0.2, 0.25) is 0 Å². The molecule has 1 aromatic carbocycles. The summed E-state index contributed by atoms with van der Waals surface area (Å²) in [5.41, 5.74) is -3.65. The van der Waals surface area contributed by atoms with Crippen LogP contribution in [0.1, 0.15) is 11.1 Å². The van der Waals surface area contributed by atoms with Gasteiger partial charge in [0.1, 0.15) is 18.5 Å². The fourth-order valence-corrected chi connectivity index (χ4v) is 4.15. The van der Waals surface area contributed by atoms with Crippen molar-refractivity contribution >= 4 is 10.1 Å². The molecule has 4 rings (SSSR count). The van der Waals surface area contributed by atoms with E-state index < -0.39 is 21.4 Å². The topological polar surface area (TPSA) is 93.1 Å². The molecule has 1 fully saturated rings. The molecule has 12 heteroatoms. The van der Waals surface area contributed by atoms with E-state index in [1.807, 2.05) is 4.57 Å². The fourth-order valence-electron chi connectivity index (χ4n) is 3.69. The molecule has 2 aliphatic heterocycles. The molecule has 1 aromatic heterocycles. The number of aromatic nitrogens is 1. The molecule has 0 spiro atoms. The van der Waals surface area contributed by atoms with Crippen LogP contribution in [0.3, 0.4) is 0 Å². The number of hydrogen-bond acceptors (Lipinski definition) is 7. The summed E-state index contributed by atoms with van der Waals surface area (Å²) in [6, 6.07) is 5.20. The first-order valence-corrected chi connectivity index (χ1v) is 11.2. The first-order chi connectivity index (χ1) is 15.1. The summed E-state index contributed by atoms with van der Waals surface area (Å²) in [6.07, 6.45) is 0.107. The molecule has 0 amide bonds. The lowest BCUT2D eigenvalue weighted by Gasteiger charge is -2.28. The van der Waals surface area contributed by atoms with Crippen molar-refractivity contribution in [2.45, 2.75) is 31.5 Å². The lowest BCUT2D eigenvalue weighted by Crippen LogP contribution is -2.34. The van der Waals surface area contributed by atoms with Gasteiger partial charge in [0.2, 0.25) is 0 Å². The number of halogens is 3. The number of pyridine rings is 1. The Hall–Kier alpha value is -2.57. The van der Waals surface area contributed by atoms with Crippen LogP contribution in [0.4, 0.5) is 13.2 Å². The average Bonchev–Trinajstić information content (AvgIpc) is 2.74. The Kier molecular flexibility index (Phi) is 5.94. The maximum absolute atomic E-state index is 12.6. The van der Waals surface area contributed by atoms with Crippen LogP contribution in [-0.4, -0.2) is 51.0 Å². The molecule has 8 nitrogen and oxygen atoms in total. The monoisotopic (exact) mass is 475 g/mol. The van der Waals surface area contributed by atoms with E-state index >= 15 is 0 Å². The normalized spacial score (nSPS) is 18.6. The van der Waals surface area contributed by atoms with Crippen molar-refractivity contribution in [1.82, 2.24) is 4.57 Å². The van der Waals surface area contributed by atoms with Crippen LogP contribution in [0.25, 0.3) is 11.3 Å². The summed E-state index contributed by atoms with van der Waals surface area (Å²) in [6.45, 7) is 3.57. The molecule has 174 valence electrons. The predicted molar refractivity (Wildman–Crippen MR) is 106 cm³/mol. The zero-order valence-corrected chi connectivity index (χ0v) is 17.8. The Morgan fingerprint density at radius 1 is 1.22 bits per heavy atom. The second-order valence-electron chi connectivity index (χ2n) is 7.40. The Morgan fingerprint density at radius 3 is 2.69 bits per heavy atom. The Morgan fingerprint density at radius 2 is 2.00 bits per heavy atom. The van der Waals surface area contributed by atoms with E-state index in [0.717, 1.165) is 6.07 Å². The molecule has 0 saturated carbocycles. The van der Waals surface area contributed by atoms with E-state index in [4.69, 9.17) is 14.2 Å². The smallest absolute Gasteiger partial charge is 0.476 e. The molecule has 0 bridgehead atoms. The van der Waals surface area contributed by atoms with Gasteiger partial charge in [-0.1, -0.05) is 0 Å². The highest BCUT2D eigenvalue weighted by atomic mass is 32.2. The number of nitrogens with zero attached hydrogens (tertiary/aromatic N) is 1. The molecule has 2 aromatic rings. The first-order valence-electron chi connectivity index (χ1n) is 9.77. The predicted octanol–water partition coefficient (Wildman–Crippen LogP) is 2.40. The van der Waals surface area contributed by atoms with Gasteiger partial charge in [0.15, 0.2) is 11.3 Å². The molecule has 3 heterocycles. The number of alkyl halides is 3. The lowest BCUT2D eigenvalue weighted by molar-refractivity contribution is -0.102. The Bertz CT molecular complexity index is 1180. The highest BCUT2D eigenvalue weighted by molar-refractivity contribution is 7.88. The van der Waals surface area contributed by atoms with Gasteiger partial charge in [-0.25, -0.2) is 0 Å². The van der Waals surface area contributed by atoms with Crippen molar-refractivity contribution in [2.24, 2.45) is 0 Å². The van der Waals surface area contributed by atoms with E-state index in [2.05, 4.69) is 4.18 Å². The zero-order chi connectivity index (χ0) is 23.1. The van der Waals surface area contributed by atoms with Crippen LogP contribution in [-0.2, 0) is 32.6 Å². The summed E-state index contributed by atoms with van der Waals surface area (Å²) in [7, 11) is -5.77. The molecule has 0 aliphatic carbocycles. The number of fused-ring (bicyclic) bond motifs is 3. The van der Waals surface area contributed by atoms with Crippen LogP contribution in [0, 0.1) is 6.92 Å². The van der Waals surface area contributed by atoms with Crippen LogP contribution in [0.5, 0.6) is 11.6 Å². The third-order valence-corrected chi connectivity index (χ3v) is 6.22.